The number of hydrogen-bond acceptors (Lipinski definition) is 6. The number of aromatic nitrogens is 2. The zero-order valence-corrected chi connectivity index (χ0v) is 14.3. The molecule has 0 radical (unpaired) electrons. The topological polar surface area (TPSA) is 101 Å². The molecule has 8 nitrogen and oxygen atoms in total. The number of likely N-dealkylation sites (N-methyl/N-ethyl adjacent to an activating group) is 1. The number of nitrogens with zero attached hydrogens (tertiary/aromatic N) is 3. The zero-order chi connectivity index (χ0) is 17.8. The Bertz CT molecular complexity index is 733. The third kappa shape index (κ3) is 3.64. The smallest absolute Gasteiger partial charge is 0.322 e. The van der Waals surface area contributed by atoms with E-state index in [1.807, 2.05) is 32.0 Å². The van der Waals surface area contributed by atoms with Crippen LogP contribution in [0.15, 0.2) is 28.8 Å². The molecular formula is C17H22N4O4. The highest BCUT2D eigenvalue weighted by Crippen LogP contribution is 2.27. The first-order chi connectivity index (χ1) is 12.1. The lowest BCUT2D eigenvalue weighted by Crippen LogP contribution is -2.48. The molecule has 2 N–H and O–H groups in total. The van der Waals surface area contributed by atoms with Crippen LogP contribution in [0.4, 0.5) is 10.5 Å². The molecule has 1 aromatic carbocycles. The molecule has 1 fully saturated rings. The van der Waals surface area contributed by atoms with Crippen molar-refractivity contribution in [2.24, 2.45) is 0 Å². The normalized spacial score (nSPS) is 19.8. The van der Waals surface area contributed by atoms with Gasteiger partial charge in [-0.3, -0.25) is 0 Å². The van der Waals surface area contributed by atoms with E-state index in [9.17, 15) is 9.90 Å². The number of anilines is 1. The van der Waals surface area contributed by atoms with E-state index in [1.54, 1.807) is 11.0 Å². The van der Waals surface area contributed by atoms with Crippen molar-refractivity contribution in [2.45, 2.75) is 32.4 Å². The van der Waals surface area contributed by atoms with Gasteiger partial charge >= 0.3 is 6.03 Å². The maximum Gasteiger partial charge on any atom is 0.322 e. The van der Waals surface area contributed by atoms with Gasteiger partial charge in [0.05, 0.1) is 36.6 Å². The first-order valence-corrected chi connectivity index (χ1v) is 8.39. The number of ether oxygens (including phenoxy) is 1. The number of aliphatic hydroxyl groups is 1. The fraction of sp³-hybridized carbons (Fsp3) is 0.471. The van der Waals surface area contributed by atoms with Crippen LogP contribution in [-0.4, -0.2) is 58.1 Å². The SMILES string of the molecule is CCc1noc(-c2ccccc2NC(=O)N(CC)[C@H]2COC[C@@H]2O)n1. The van der Waals surface area contributed by atoms with E-state index in [0.29, 0.717) is 42.5 Å². The van der Waals surface area contributed by atoms with Crippen LogP contribution in [0, 0.1) is 0 Å². The molecule has 1 aromatic heterocycles. The second-order valence-electron chi connectivity index (χ2n) is 5.80. The van der Waals surface area contributed by atoms with Crippen LogP contribution in [0.5, 0.6) is 0 Å². The maximum atomic E-state index is 12.7. The van der Waals surface area contributed by atoms with Gasteiger partial charge in [-0.1, -0.05) is 24.2 Å². The molecule has 0 aliphatic carbocycles. The largest absolute Gasteiger partial charge is 0.388 e. The van der Waals surface area contributed by atoms with Gasteiger partial charge in [0.1, 0.15) is 0 Å². The molecule has 2 aromatic rings. The van der Waals surface area contributed by atoms with Crippen LogP contribution in [0.3, 0.4) is 0 Å². The zero-order valence-electron chi connectivity index (χ0n) is 14.3. The quantitative estimate of drug-likeness (QED) is 0.858. The molecule has 2 heterocycles. The first-order valence-electron chi connectivity index (χ1n) is 8.39. The Morgan fingerprint density at radius 1 is 1.36 bits per heavy atom. The van der Waals surface area contributed by atoms with E-state index in [-0.39, 0.29) is 18.7 Å². The van der Waals surface area contributed by atoms with E-state index < -0.39 is 6.10 Å². The van der Waals surface area contributed by atoms with Crippen molar-refractivity contribution in [2.75, 3.05) is 25.1 Å². The Morgan fingerprint density at radius 2 is 2.16 bits per heavy atom. The highest BCUT2D eigenvalue weighted by Gasteiger charge is 2.34. The van der Waals surface area contributed by atoms with E-state index in [2.05, 4.69) is 15.5 Å². The number of aryl methyl sites for hydroxylation is 1. The molecule has 2 amide bonds. The number of hydrogen-bond donors (Lipinski definition) is 2. The van der Waals surface area contributed by atoms with Crippen molar-refractivity contribution in [1.82, 2.24) is 15.0 Å². The number of carbonyl (C=O) groups excluding carboxylic acids is 1. The maximum absolute atomic E-state index is 12.7. The molecule has 0 saturated carbocycles. The lowest BCUT2D eigenvalue weighted by atomic mass is 10.1. The average Bonchev–Trinajstić information content (AvgIpc) is 3.26. The number of nitrogens with one attached hydrogen (secondary N) is 1. The average molecular weight is 346 g/mol. The Kier molecular flexibility index (Phi) is 5.30. The summed E-state index contributed by atoms with van der Waals surface area (Å²) < 4.78 is 10.5. The molecule has 134 valence electrons. The van der Waals surface area contributed by atoms with Gasteiger partial charge in [-0.25, -0.2) is 4.79 Å². The lowest BCUT2D eigenvalue weighted by molar-refractivity contribution is 0.1000. The Hall–Kier alpha value is -2.45. The fourth-order valence-corrected chi connectivity index (χ4v) is 2.83. The van der Waals surface area contributed by atoms with Gasteiger partial charge < -0.3 is 24.6 Å². The van der Waals surface area contributed by atoms with Crippen molar-refractivity contribution in [1.29, 1.82) is 0 Å². The summed E-state index contributed by atoms with van der Waals surface area (Å²) in [6.45, 7) is 4.83. The van der Waals surface area contributed by atoms with Gasteiger partial charge in [-0.15, -0.1) is 0 Å². The molecule has 1 aliphatic rings. The monoisotopic (exact) mass is 346 g/mol. The van der Waals surface area contributed by atoms with Crippen molar-refractivity contribution < 1.29 is 19.2 Å². The lowest BCUT2D eigenvalue weighted by Gasteiger charge is -2.29. The van der Waals surface area contributed by atoms with Crippen molar-refractivity contribution in [3.8, 4) is 11.5 Å². The minimum Gasteiger partial charge on any atom is -0.388 e. The van der Waals surface area contributed by atoms with Crippen molar-refractivity contribution >= 4 is 11.7 Å². The number of carbonyl (C=O) groups is 1. The van der Waals surface area contributed by atoms with Gasteiger partial charge in [-0.2, -0.15) is 4.98 Å². The predicted molar refractivity (Wildman–Crippen MR) is 91.1 cm³/mol. The predicted octanol–water partition coefficient (Wildman–Crippen LogP) is 1.91. The number of aliphatic hydroxyl groups excluding tert-OH is 1. The Balaban J connectivity index is 1.81. The van der Waals surface area contributed by atoms with Gasteiger partial charge in [0.2, 0.25) is 0 Å². The second-order valence-corrected chi connectivity index (χ2v) is 5.80. The molecule has 8 heteroatoms. The molecule has 1 aliphatic heterocycles. The van der Waals surface area contributed by atoms with Gasteiger partial charge in [0.15, 0.2) is 5.82 Å². The second kappa shape index (κ2) is 7.62. The molecule has 3 rings (SSSR count). The third-order valence-electron chi connectivity index (χ3n) is 4.21. The van der Waals surface area contributed by atoms with Gasteiger partial charge in [0.25, 0.3) is 5.89 Å². The number of amides is 2. The van der Waals surface area contributed by atoms with Crippen molar-refractivity contribution in [3.63, 3.8) is 0 Å². The molecule has 0 bridgehead atoms. The highest BCUT2D eigenvalue weighted by molar-refractivity contribution is 5.93. The van der Waals surface area contributed by atoms with E-state index in [0.717, 1.165) is 0 Å². The summed E-state index contributed by atoms with van der Waals surface area (Å²) in [7, 11) is 0. The minimum absolute atomic E-state index is 0.243. The summed E-state index contributed by atoms with van der Waals surface area (Å²) in [5.74, 6) is 0.970. The Labute approximate surface area is 145 Å². The molecule has 0 unspecified atom stereocenters. The minimum atomic E-state index is -0.677. The van der Waals surface area contributed by atoms with Crippen LogP contribution >= 0.6 is 0 Å². The number of benzene rings is 1. The number of urea groups is 1. The molecule has 25 heavy (non-hydrogen) atoms. The molecule has 0 spiro atoms. The van der Waals surface area contributed by atoms with Crippen LogP contribution in [-0.2, 0) is 11.2 Å². The molecule has 1 saturated heterocycles. The van der Waals surface area contributed by atoms with Crippen LogP contribution in [0.2, 0.25) is 0 Å². The number of para-hydroxylation sites is 1. The summed E-state index contributed by atoms with van der Waals surface area (Å²) in [4.78, 5) is 18.6. The summed E-state index contributed by atoms with van der Waals surface area (Å²) in [6.07, 6.45) is -0.00899. The summed E-state index contributed by atoms with van der Waals surface area (Å²) in [5.41, 5.74) is 1.23. The fourth-order valence-electron chi connectivity index (χ4n) is 2.83. The van der Waals surface area contributed by atoms with E-state index in [4.69, 9.17) is 9.26 Å². The summed E-state index contributed by atoms with van der Waals surface area (Å²) in [5, 5.41) is 16.8. The van der Waals surface area contributed by atoms with Crippen LogP contribution < -0.4 is 5.32 Å². The summed E-state index contributed by atoms with van der Waals surface area (Å²) in [6, 6.07) is 6.59. The van der Waals surface area contributed by atoms with Gasteiger partial charge in [-0.05, 0) is 19.1 Å². The van der Waals surface area contributed by atoms with Crippen LogP contribution in [0.1, 0.15) is 19.7 Å². The highest BCUT2D eigenvalue weighted by atomic mass is 16.5. The van der Waals surface area contributed by atoms with Crippen molar-refractivity contribution in [3.05, 3.63) is 30.1 Å². The standard InChI is InChI=1S/C17H22N4O4/c1-3-15-19-16(25-20-15)11-7-5-6-8-12(11)18-17(23)21(4-2)13-9-24-10-14(13)22/h5-8,13-14,22H,3-4,9-10H2,1-2H3,(H,18,23)/t13-,14-/m0/s1. The van der Waals surface area contributed by atoms with Gasteiger partial charge in [0, 0.05) is 13.0 Å². The molecular weight excluding hydrogens is 324 g/mol. The van der Waals surface area contributed by atoms with E-state index >= 15 is 0 Å². The Morgan fingerprint density at radius 3 is 2.80 bits per heavy atom. The first kappa shape index (κ1) is 17.4. The number of rotatable bonds is 5. The van der Waals surface area contributed by atoms with E-state index in [1.165, 1.54) is 0 Å². The van der Waals surface area contributed by atoms with Crippen LogP contribution in [0.25, 0.3) is 11.5 Å². The summed E-state index contributed by atoms with van der Waals surface area (Å²) >= 11 is 0. The molecule has 2 atom stereocenters. The third-order valence-corrected chi connectivity index (χ3v) is 4.21.